The summed E-state index contributed by atoms with van der Waals surface area (Å²) in [5, 5.41) is 14.4. The fourth-order valence-electron chi connectivity index (χ4n) is 2.54. The molecule has 1 aromatic rings. The first-order valence-electron chi connectivity index (χ1n) is 6.06. The number of rotatable bonds is 2. The minimum absolute atomic E-state index is 0.163. The van der Waals surface area contributed by atoms with Gasteiger partial charge in [0, 0.05) is 6.42 Å². The van der Waals surface area contributed by atoms with Crippen molar-refractivity contribution in [2.24, 2.45) is 0 Å². The predicted molar refractivity (Wildman–Crippen MR) is 63.5 cm³/mol. The molecule has 3 rings (SSSR count). The monoisotopic (exact) mass is 239 g/mol. The molecule has 0 bridgehead atoms. The van der Waals surface area contributed by atoms with Crippen molar-refractivity contribution in [2.45, 2.75) is 43.4 Å². The van der Waals surface area contributed by atoms with Crippen molar-refractivity contribution in [3.8, 4) is 0 Å². The van der Waals surface area contributed by atoms with Crippen LogP contribution in [0.25, 0.3) is 0 Å². The van der Waals surface area contributed by atoms with Gasteiger partial charge in [0.2, 0.25) is 0 Å². The molecule has 3 heterocycles. The molecule has 2 atom stereocenters. The van der Waals surface area contributed by atoms with E-state index in [9.17, 15) is 5.11 Å². The molecule has 16 heavy (non-hydrogen) atoms. The molecule has 1 fully saturated rings. The Labute approximate surface area is 99.4 Å². The number of fused-ring (bicyclic) bond motifs is 1. The van der Waals surface area contributed by atoms with Gasteiger partial charge in [0.1, 0.15) is 5.82 Å². The standard InChI is InChI=1S/C11H17N3OS/c15-7-8-3-1-5-10-12-11(13-14(8)10)9-4-2-6-16-9/h8-9,15H,1-7H2. The highest BCUT2D eigenvalue weighted by atomic mass is 32.2. The topological polar surface area (TPSA) is 50.9 Å². The van der Waals surface area contributed by atoms with Crippen LogP contribution in [0.4, 0.5) is 0 Å². The van der Waals surface area contributed by atoms with E-state index in [1.807, 2.05) is 16.4 Å². The number of nitrogens with zero attached hydrogens (tertiary/aromatic N) is 3. The summed E-state index contributed by atoms with van der Waals surface area (Å²) in [6.45, 7) is 0.188. The number of hydrogen-bond donors (Lipinski definition) is 1. The Morgan fingerprint density at radius 2 is 2.31 bits per heavy atom. The smallest absolute Gasteiger partial charge is 0.163 e. The second-order valence-electron chi connectivity index (χ2n) is 4.56. The molecule has 4 nitrogen and oxygen atoms in total. The zero-order valence-corrected chi connectivity index (χ0v) is 10.1. The first-order valence-corrected chi connectivity index (χ1v) is 7.11. The molecule has 1 aromatic heterocycles. The van der Waals surface area contributed by atoms with Crippen LogP contribution in [0.15, 0.2) is 0 Å². The first kappa shape index (κ1) is 10.6. The zero-order chi connectivity index (χ0) is 11.0. The fourth-order valence-corrected chi connectivity index (χ4v) is 3.74. The maximum Gasteiger partial charge on any atom is 0.163 e. The number of hydrogen-bond acceptors (Lipinski definition) is 4. The molecule has 88 valence electrons. The van der Waals surface area contributed by atoms with Crippen LogP contribution in [-0.4, -0.2) is 32.2 Å². The minimum Gasteiger partial charge on any atom is -0.394 e. The Morgan fingerprint density at radius 1 is 1.38 bits per heavy atom. The fraction of sp³-hybridized carbons (Fsp3) is 0.818. The van der Waals surface area contributed by atoms with Gasteiger partial charge >= 0.3 is 0 Å². The van der Waals surface area contributed by atoms with Crippen molar-refractivity contribution in [1.82, 2.24) is 14.8 Å². The van der Waals surface area contributed by atoms with Gasteiger partial charge in [-0.15, -0.1) is 0 Å². The number of aliphatic hydroxyl groups is 1. The van der Waals surface area contributed by atoms with Crippen molar-refractivity contribution in [3.05, 3.63) is 11.6 Å². The van der Waals surface area contributed by atoms with E-state index in [0.29, 0.717) is 5.25 Å². The SMILES string of the molecule is OCC1CCCc2nc(C3CCCS3)nn21. The summed E-state index contributed by atoms with van der Waals surface area (Å²) in [5.41, 5.74) is 0. The first-order chi connectivity index (χ1) is 7.88. The molecule has 0 aliphatic carbocycles. The van der Waals surface area contributed by atoms with Crippen molar-refractivity contribution in [3.63, 3.8) is 0 Å². The Hall–Kier alpha value is -0.550. The highest BCUT2D eigenvalue weighted by Gasteiger charge is 2.27. The summed E-state index contributed by atoms with van der Waals surface area (Å²) < 4.78 is 1.97. The molecular weight excluding hydrogens is 222 g/mol. The van der Waals surface area contributed by atoms with E-state index in [0.717, 1.165) is 30.9 Å². The van der Waals surface area contributed by atoms with Crippen LogP contribution >= 0.6 is 11.8 Å². The average Bonchev–Trinajstić information content (AvgIpc) is 2.96. The summed E-state index contributed by atoms with van der Waals surface area (Å²) in [7, 11) is 0. The highest BCUT2D eigenvalue weighted by Crippen LogP contribution is 2.39. The van der Waals surface area contributed by atoms with Crippen LogP contribution in [0.3, 0.4) is 0 Å². The van der Waals surface area contributed by atoms with Crippen molar-refractivity contribution >= 4 is 11.8 Å². The Bertz CT molecular complexity index is 373. The van der Waals surface area contributed by atoms with E-state index in [1.165, 1.54) is 18.6 Å². The lowest BCUT2D eigenvalue weighted by Crippen LogP contribution is -2.22. The molecule has 0 amide bonds. The summed E-state index contributed by atoms with van der Waals surface area (Å²) >= 11 is 1.97. The lowest BCUT2D eigenvalue weighted by molar-refractivity contribution is 0.194. The summed E-state index contributed by atoms with van der Waals surface area (Å²) in [6.07, 6.45) is 5.66. The van der Waals surface area contributed by atoms with E-state index in [4.69, 9.17) is 0 Å². The minimum atomic E-state index is 0.163. The van der Waals surface area contributed by atoms with Crippen LogP contribution in [0, 0.1) is 0 Å². The zero-order valence-electron chi connectivity index (χ0n) is 9.30. The second-order valence-corrected chi connectivity index (χ2v) is 5.87. The number of aryl methyl sites for hydroxylation is 1. The molecule has 5 heteroatoms. The van der Waals surface area contributed by atoms with E-state index in [1.54, 1.807) is 0 Å². The molecule has 2 aliphatic rings. The average molecular weight is 239 g/mol. The molecule has 0 saturated carbocycles. The number of aliphatic hydroxyl groups excluding tert-OH is 1. The molecule has 2 aliphatic heterocycles. The van der Waals surface area contributed by atoms with E-state index in [-0.39, 0.29) is 12.6 Å². The largest absolute Gasteiger partial charge is 0.394 e. The Kier molecular flexibility index (Phi) is 2.90. The van der Waals surface area contributed by atoms with Crippen molar-refractivity contribution < 1.29 is 5.11 Å². The molecule has 1 N–H and O–H groups in total. The third kappa shape index (κ3) is 1.76. The molecule has 1 saturated heterocycles. The van der Waals surface area contributed by atoms with Crippen LogP contribution in [-0.2, 0) is 6.42 Å². The third-order valence-electron chi connectivity index (χ3n) is 3.43. The van der Waals surface area contributed by atoms with Crippen LogP contribution in [0.1, 0.15) is 48.6 Å². The molecule has 0 radical (unpaired) electrons. The van der Waals surface area contributed by atoms with Crippen molar-refractivity contribution in [2.75, 3.05) is 12.4 Å². The molecular formula is C11H17N3OS. The van der Waals surface area contributed by atoms with Gasteiger partial charge in [-0.2, -0.15) is 16.9 Å². The van der Waals surface area contributed by atoms with Crippen LogP contribution < -0.4 is 0 Å². The summed E-state index contributed by atoms with van der Waals surface area (Å²) in [4.78, 5) is 4.65. The van der Waals surface area contributed by atoms with Gasteiger partial charge in [-0.05, 0) is 31.4 Å². The predicted octanol–water partition coefficient (Wildman–Crippen LogP) is 1.72. The Morgan fingerprint density at radius 3 is 3.06 bits per heavy atom. The van der Waals surface area contributed by atoms with Gasteiger partial charge in [-0.3, -0.25) is 0 Å². The summed E-state index contributed by atoms with van der Waals surface area (Å²) in [5.74, 6) is 3.31. The summed E-state index contributed by atoms with van der Waals surface area (Å²) in [6, 6.07) is 0.163. The van der Waals surface area contributed by atoms with E-state index < -0.39 is 0 Å². The van der Waals surface area contributed by atoms with Crippen LogP contribution in [0.5, 0.6) is 0 Å². The van der Waals surface area contributed by atoms with Gasteiger partial charge in [0.25, 0.3) is 0 Å². The maximum absolute atomic E-state index is 9.32. The van der Waals surface area contributed by atoms with Crippen LogP contribution in [0.2, 0.25) is 0 Å². The normalized spacial score (nSPS) is 29.3. The van der Waals surface area contributed by atoms with Gasteiger partial charge in [-0.25, -0.2) is 9.67 Å². The molecule has 0 aromatic carbocycles. The lowest BCUT2D eigenvalue weighted by atomic mass is 10.1. The van der Waals surface area contributed by atoms with Gasteiger partial charge in [0.15, 0.2) is 5.82 Å². The van der Waals surface area contributed by atoms with E-state index in [2.05, 4.69) is 10.1 Å². The Balaban J connectivity index is 1.89. The quantitative estimate of drug-likeness (QED) is 0.853. The van der Waals surface area contributed by atoms with E-state index >= 15 is 0 Å². The number of thioether (sulfide) groups is 1. The highest BCUT2D eigenvalue weighted by molar-refractivity contribution is 7.99. The van der Waals surface area contributed by atoms with Crippen molar-refractivity contribution in [1.29, 1.82) is 0 Å². The molecule has 2 unspecified atom stereocenters. The maximum atomic E-state index is 9.32. The van der Waals surface area contributed by atoms with Gasteiger partial charge in [0.05, 0.1) is 17.9 Å². The van der Waals surface area contributed by atoms with Gasteiger partial charge in [-0.1, -0.05) is 0 Å². The lowest BCUT2D eigenvalue weighted by Gasteiger charge is -2.20. The molecule has 0 spiro atoms. The number of aromatic nitrogens is 3. The second kappa shape index (κ2) is 4.37. The van der Waals surface area contributed by atoms with Gasteiger partial charge < -0.3 is 5.11 Å². The third-order valence-corrected chi connectivity index (χ3v) is 4.80.